The molecule has 5 heteroatoms. The van der Waals surface area contributed by atoms with Crippen LogP contribution in [0.5, 0.6) is 0 Å². The Morgan fingerprint density at radius 3 is 2.38 bits per heavy atom. The molecule has 0 unspecified atom stereocenters. The maximum absolute atomic E-state index is 10.7. The molecule has 0 aliphatic rings. The molecule has 0 amide bonds. The number of nitro groups is 1. The summed E-state index contributed by atoms with van der Waals surface area (Å²) in [6, 6.07) is 21.1. The third-order valence-corrected chi connectivity index (χ3v) is 3.48. The lowest BCUT2D eigenvalue weighted by molar-refractivity contribution is -0.384. The van der Waals surface area contributed by atoms with Crippen LogP contribution < -0.4 is 0 Å². The largest absolute Gasteiger partial charge is 0.457 e. The van der Waals surface area contributed by atoms with Crippen LogP contribution >= 0.6 is 0 Å². The first kappa shape index (κ1) is 15.3. The molecule has 2 aromatic carbocycles. The number of allylic oxidation sites excluding steroid dienone is 1. The zero-order chi connectivity index (χ0) is 16.9. The van der Waals surface area contributed by atoms with E-state index in [-0.39, 0.29) is 5.69 Å². The number of hydrogen-bond acceptors (Lipinski definition) is 4. The maximum atomic E-state index is 10.7. The van der Waals surface area contributed by atoms with Gasteiger partial charge in [-0.3, -0.25) is 10.1 Å². The molecular formula is C19H12N2O3. The Hall–Kier alpha value is -3.65. The van der Waals surface area contributed by atoms with Crippen molar-refractivity contribution in [3.63, 3.8) is 0 Å². The summed E-state index contributed by atoms with van der Waals surface area (Å²) in [6.45, 7) is 0. The van der Waals surface area contributed by atoms with Gasteiger partial charge in [0.2, 0.25) is 0 Å². The van der Waals surface area contributed by atoms with E-state index in [1.165, 1.54) is 12.1 Å². The minimum absolute atomic E-state index is 0.0290. The van der Waals surface area contributed by atoms with Gasteiger partial charge >= 0.3 is 0 Å². The lowest BCUT2D eigenvalue weighted by Crippen LogP contribution is -1.86. The first-order valence-corrected chi connectivity index (χ1v) is 7.19. The summed E-state index contributed by atoms with van der Waals surface area (Å²) in [5, 5.41) is 20.0. The number of nitrogens with zero attached hydrogens (tertiary/aromatic N) is 2. The van der Waals surface area contributed by atoms with Crippen molar-refractivity contribution in [2.75, 3.05) is 0 Å². The van der Waals surface area contributed by atoms with E-state index in [1.807, 2.05) is 30.3 Å². The Balaban J connectivity index is 1.89. The molecule has 24 heavy (non-hydrogen) atoms. The molecule has 0 aliphatic heterocycles. The predicted octanol–water partition coefficient (Wildman–Crippen LogP) is 4.92. The van der Waals surface area contributed by atoms with Crippen LogP contribution in [0, 0.1) is 21.4 Å². The average molecular weight is 316 g/mol. The quantitative estimate of drug-likeness (QED) is 0.389. The van der Waals surface area contributed by atoms with Gasteiger partial charge in [-0.1, -0.05) is 30.3 Å². The monoisotopic (exact) mass is 316 g/mol. The first-order valence-electron chi connectivity index (χ1n) is 7.19. The number of non-ortho nitro benzene ring substituents is 1. The van der Waals surface area contributed by atoms with Crippen molar-refractivity contribution in [2.24, 2.45) is 0 Å². The van der Waals surface area contributed by atoms with Gasteiger partial charge in [-0.15, -0.1) is 0 Å². The van der Waals surface area contributed by atoms with E-state index in [0.717, 1.165) is 11.1 Å². The van der Waals surface area contributed by atoms with E-state index in [4.69, 9.17) is 4.42 Å². The molecule has 116 valence electrons. The first-order chi connectivity index (χ1) is 11.7. The number of nitro benzene ring substituents is 1. The highest BCUT2D eigenvalue weighted by Crippen LogP contribution is 2.26. The maximum Gasteiger partial charge on any atom is 0.269 e. The molecule has 0 spiro atoms. The smallest absolute Gasteiger partial charge is 0.269 e. The third-order valence-electron chi connectivity index (χ3n) is 3.48. The highest BCUT2D eigenvalue weighted by atomic mass is 16.6. The number of rotatable bonds is 4. The zero-order valence-electron chi connectivity index (χ0n) is 12.5. The Kier molecular flexibility index (Phi) is 4.21. The second kappa shape index (κ2) is 6.63. The molecule has 1 aromatic heterocycles. The number of nitriles is 1. The highest BCUT2D eigenvalue weighted by molar-refractivity contribution is 5.88. The third kappa shape index (κ3) is 3.23. The summed E-state index contributed by atoms with van der Waals surface area (Å²) in [5.74, 6) is 1.13. The lowest BCUT2D eigenvalue weighted by atomic mass is 10.1. The zero-order valence-corrected chi connectivity index (χ0v) is 12.5. The van der Waals surface area contributed by atoms with Crippen LogP contribution in [-0.4, -0.2) is 4.92 Å². The number of benzene rings is 2. The summed E-state index contributed by atoms with van der Waals surface area (Å²) in [7, 11) is 0. The van der Waals surface area contributed by atoms with Gasteiger partial charge in [-0.2, -0.15) is 5.26 Å². The molecule has 1 heterocycles. The molecule has 0 saturated heterocycles. The van der Waals surface area contributed by atoms with Crippen LogP contribution in [0.15, 0.2) is 71.1 Å². The fourth-order valence-electron chi connectivity index (χ4n) is 2.27. The van der Waals surface area contributed by atoms with E-state index in [1.54, 1.807) is 30.3 Å². The summed E-state index contributed by atoms with van der Waals surface area (Å²) in [4.78, 5) is 10.2. The average Bonchev–Trinajstić information content (AvgIpc) is 3.09. The van der Waals surface area contributed by atoms with Crippen LogP contribution in [0.2, 0.25) is 0 Å². The molecule has 3 rings (SSSR count). The molecule has 0 aliphatic carbocycles. The Bertz CT molecular complexity index is 933. The molecule has 0 saturated carbocycles. The van der Waals surface area contributed by atoms with Gasteiger partial charge in [0.15, 0.2) is 0 Å². The molecular weight excluding hydrogens is 304 g/mol. The van der Waals surface area contributed by atoms with E-state index in [2.05, 4.69) is 6.07 Å². The van der Waals surface area contributed by atoms with E-state index < -0.39 is 4.92 Å². The van der Waals surface area contributed by atoms with Crippen LogP contribution in [0.3, 0.4) is 0 Å². The molecule has 0 bridgehead atoms. The van der Waals surface area contributed by atoms with E-state index in [9.17, 15) is 15.4 Å². The topological polar surface area (TPSA) is 80.1 Å². The summed E-state index contributed by atoms with van der Waals surface area (Å²) < 4.78 is 5.73. The van der Waals surface area contributed by atoms with Crippen molar-refractivity contribution in [2.45, 2.75) is 0 Å². The fraction of sp³-hybridized carbons (Fsp3) is 0. The second-order valence-corrected chi connectivity index (χ2v) is 5.04. The van der Waals surface area contributed by atoms with Crippen LogP contribution in [0.25, 0.3) is 23.0 Å². The molecule has 3 aromatic rings. The van der Waals surface area contributed by atoms with Gasteiger partial charge in [0.05, 0.1) is 16.6 Å². The Morgan fingerprint density at radius 1 is 1.04 bits per heavy atom. The lowest BCUT2D eigenvalue weighted by Gasteiger charge is -1.98. The van der Waals surface area contributed by atoms with E-state index in [0.29, 0.717) is 17.1 Å². The summed E-state index contributed by atoms with van der Waals surface area (Å²) >= 11 is 0. The Labute approximate surface area is 138 Å². The van der Waals surface area contributed by atoms with Crippen molar-refractivity contribution in [1.29, 1.82) is 5.26 Å². The second-order valence-electron chi connectivity index (χ2n) is 5.04. The van der Waals surface area contributed by atoms with E-state index >= 15 is 0 Å². The molecule has 0 fully saturated rings. The fourth-order valence-corrected chi connectivity index (χ4v) is 2.27. The molecule has 0 radical (unpaired) electrons. The molecule has 5 nitrogen and oxygen atoms in total. The SMILES string of the molecule is N#CC(=Cc1ccc(-c2ccc([N+](=O)[O-])cc2)o1)c1ccccc1. The number of hydrogen-bond donors (Lipinski definition) is 0. The van der Waals surface area contributed by atoms with Crippen LogP contribution in [-0.2, 0) is 0 Å². The van der Waals surface area contributed by atoms with Gasteiger partial charge in [-0.25, -0.2) is 0 Å². The summed E-state index contributed by atoms with van der Waals surface area (Å²) in [5.41, 5.74) is 2.08. The van der Waals surface area contributed by atoms with Crippen molar-refractivity contribution in [3.05, 3.63) is 88.2 Å². The normalized spacial score (nSPS) is 11.0. The van der Waals surface area contributed by atoms with Crippen LogP contribution in [0.4, 0.5) is 5.69 Å². The van der Waals surface area contributed by atoms with Crippen molar-refractivity contribution >= 4 is 17.3 Å². The van der Waals surface area contributed by atoms with Gasteiger partial charge in [0.25, 0.3) is 5.69 Å². The standard InChI is InChI=1S/C19H12N2O3/c20-13-16(14-4-2-1-3-5-14)12-18-10-11-19(24-18)15-6-8-17(9-7-15)21(22)23/h1-12H. The number of furan rings is 1. The molecule has 0 atom stereocenters. The minimum atomic E-state index is -0.445. The van der Waals surface area contributed by atoms with Gasteiger partial charge in [0.1, 0.15) is 11.5 Å². The summed E-state index contributed by atoms with van der Waals surface area (Å²) in [6.07, 6.45) is 1.67. The molecule has 0 N–H and O–H groups in total. The van der Waals surface area contributed by atoms with Gasteiger partial charge < -0.3 is 4.42 Å². The van der Waals surface area contributed by atoms with Crippen molar-refractivity contribution < 1.29 is 9.34 Å². The van der Waals surface area contributed by atoms with Crippen molar-refractivity contribution in [3.8, 4) is 17.4 Å². The van der Waals surface area contributed by atoms with Gasteiger partial charge in [0, 0.05) is 17.7 Å². The van der Waals surface area contributed by atoms with Crippen LogP contribution in [0.1, 0.15) is 11.3 Å². The highest BCUT2D eigenvalue weighted by Gasteiger charge is 2.08. The predicted molar refractivity (Wildman–Crippen MR) is 90.7 cm³/mol. The van der Waals surface area contributed by atoms with Crippen molar-refractivity contribution in [1.82, 2.24) is 0 Å². The minimum Gasteiger partial charge on any atom is -0.457 e. The Morgan fingerprint density at radius 2 is 1.75 bits per heavy atom. The van der Waals surface area contributed by atoms with Gasteiger partial charge in [-0.05, 0) is 35.9 Å².